The Bertz CT molecular complexity index is 1310. The second-order valence-electron chi connectivity index (χ2n) is 9.96. The molecule has 0 radical (unpaired) electrons. The van der Waals surface area contributed by atoms with Crippen LogP contribution < -0.4 is 10.1 Å². The molecular formula is C29H28F7NO3. The molecule has 4 nitrogen and oxygen atoms in total. The maximum atomic E-state index is 13.5. The number of hydrogen-bond donors (Lipinski definition) is 1. The molecule has 3 aromatic carbocycles. The molecule has 0 aliphatic carbocycles. The summed E-state index contributed by atoms with van der Waals surface area (Å²) in [5.74, 6) is 0.137. The molecule has 1 heterocycles. The summed E-state index contributed by atoms with van der Waals surface area (Å²) in [4.78, 5) is 0. The molecule has 11 heteroatoms. The van der Waals surface area contributed by atoms with E-state index >= 15 is 0 Å². The summed E-state index contributed by atoms with van der Waals surface area (Å²) < 4.78 is 112. The van der Waals surface area contributed by atoms with Gasteiger partial charge in [-0.3, -0.25) is 0 Å². The van der Waals surface area contributed by atoms with Crippen molar-refractivity contribution in [3.8, 4) is 5.75 Å². The predicted octanol–water partition coefficient (Wildman–Crippen LogP) is 8.31. The van der Waals surface area contributed by atoms with E-state index in [2.05, 4.69) is 5.32 Å². The highest BCUT2D eigenvalue weighted by molar-refractivity contribution is 5.54. The monoisotopic (exact) mass is 571 g/mol. The second-order valence-corrected chi connectivity index (χ2v) is 9.96. The summed E-state index contributed by atoms with van der Waals surface area (Å²) in [6.07, 6.45) is -11.6. The lowest BCUT2D eigenvalue weighted by molar-refractivity contribution is -0.166. The van der Waals surface area contributed by atoms with Crippen molar-refractivity contribution < 1.29 is 44.9 Å². The van der Waals surface area contributed by atoms with E-state index in [9.17, 15) is 30.7 Å². The van der Waals surface area contributed by atoms with Crippen molar-refractivity contribution in [1.29, 1.82) is 0 Å². The molecular weight excluding hydrogens is 543 g/mol. The van der Waals surface area contributed by atoms with Crippen LogP contribution in [0.5, 0.6) is 5.75 Å². The van der Waals surface area contributed by atoms with Gasteiger partial charge in [0.05, 0.1) is 17.7 Å². The van der Waals surface area contributed by atoms with Crippen molar-refractivity contribution in [3.63, 3.8) is 0 Å². The Morgan fingerprint density at radius 3 is 2.12 bits per heavy atom. The Labute approximate surface area is 227 Å². The first-order chi connectivity index (χ1) is 18.7. The van der Waals surface area contributed by atoms with Gasteiger partial charge in [0.1, 0.15) is 29.4 Å². The fourth-order valence-electron chi connectivity index (χ4n) is 4.63. The number of rotatable bonds is 8. The summed E-state index contributed by atoms with van der Waals surface area (Å²) >= 11 is 0. The van der Waals surface area contributed by atoms with Gasteiger partial charge in [-0.1, -0.05) is 12.1 Å². The average molecular weight is 572 g/mol. The third-order valence-electron chi connectivity index (χ3n) is 6.46. The number of benzene rings is 3. The number of hydrogen-bond acceptors (Lipinski definition) is 4. The highest BCUT2D eigenvalue weighted by atomic mass is 19.4. The normalized spacial score (nSPS) is 18.6. The molecule has 3 aromatic rings. The smallest absolute Gasteiger partial charge is 0.416 e. The molecule has 2 unspecified atom stereocenters. The topological polar surface area (TPSA) is 39.7 Å². The molecule has 1 aliphatic heterocycles. The van der Waals surface area contributed by atoms with Gasteiger partial charge >= 0.3 is 12.4 Å². The van der Waals surface area contributed by atoms with E-state index in [0.717, 1.165) is 5.56 Å². The van der Waals surface area contributed by atoms with Gasteiger partial charge in [0, 0.05) is 24.4 Å². The summed E-state index contributed by atoms with van der Waals surface area (Å²) in [5.41, 5.74) is -2.18. The molecule has 2 atom stereocenters. The van der Waals surface area contributed by atoms with Gasteiger partial charge in [0.25, 0.3) is 0 Å². The zero-order valence-corrected chi connectivity index (χ0v) is 21.9. The minimum atomic E-state index is -4.97. The van der Waals surface area contributed by atoms with Gasteiger partial charge in [-0.05, 0) is 80.4 Å². The van der Waals surface area contributed by atoms with E-state index in [-0.39, 0.29) is 24.1 Å². The SMILES string of the molecule is CCOC1c2cc(NCc3cccc(F)c3)ccc2OC(C)(C)C1OCc1cc(C(F)(F)F)cc(C(F)(F)F)c1. The molecule has 0 saturated carbocycles. The lowest BCUT2D eigenvalue weighted by Crippen LogP contribution is -2.51. The quantitative estimate of drug-likeness (QED) is 0.276. The van der Waals surface area contributed by atoms with Crippen LogP contribution in [0.3, 0.4) is 0 Å². The molecule has 0 bridgehead atoms. The highest BCUT2D eigenvalue weighted by Gasteiger charge is 2.46. The van der Waals surface area contributed by atoms with Crippen LogP contribution in [0.25, 0.3) is 0 Å². The van der Waals surface area contributed by atoms with Crippen molar-refractivity contribution in [2.45, 2.75) is 64.1 Å². The third kappa shape index (κ3) is 6.87. The zero-order chi connectivity index (χ0) is 29.3. The summed E-state index contributed by atoms with van der Waals surface area (Å²) in [6.45, 7) is 5.21. The molecule has 0 spiro atoms. The number of alkyl halides is 6. The second kappa shape index (κ2) is 11.3. The molecule has 0 saturated heterocycles. The first-order valence-electron chi connectivity index (χ1n) is 12.5. The van der Waals surface area contributed by atoms with Crippen molar-refractivity contribution in [1.82, 2.24) is 0 Å². The fraction of sp³-hybridized carbons (Fsp3) is 0.379. The van der Waals surface area contributed by atoms with Crippen LogP contribution in [0.4, 0.5) is 36.4 Å². The number of ether oxygens (including phenoxy) is 3. The van der Waals surface area contributed by atoms with E-state index in [1.807, 2.05) is 0 Å². The summed E-state index contributed by atoms with van der Waals surface area (Å²) in [6, 6.07) is 12.8. The molecule has 4 rings (SSSR count). The highest BCUT2D eigenvalue weighted by Crippen LogP contribution is 2.45. The maximum Gasteiger partial charge on any atom is 0.416 e. The Morgan fingerprint density at radius 1 is 0.850 bits per heavy atom. The Hall–Kier alpha value is -3.31. The first-order valence-corrected chi connectivity index (χ1v) is 12.5. The van der Waals surface area contributed by atoms with Gasteiger partial charge in [-0.25, -0.2) is 4.39 Å². The van der Waals surface area contributed by atoms with Gasteiger partial charge in [0.2, 0.25) is 0 Å². The van der Waals surface area contributed by atoms with Crippen LogP contribution in [0.15, 0.2) is 60.7 Å². The van der Waals surface area contributed by atoms with Crippen molar-refractivity contribution in [2.24, 2.45) is 0 Å². The molecule has 0 amide bonds. The van der Waals surface area contributed by atoms with Crippen molar-refractivity contribution >= 4 is 5.69 Å². The molecule has 0 aromatic heterocycles. The van der Waals surface area contributed by atoms with Gasteiger partial charge in [0.15, 0.2) is 0 Å². The van der Waals surface area contributed by atoms with E-state index in [0.29, 0.717) is 35.7 Å². The van der Waals surface area contributed by atoms with E-state index in [1.54, 1.807) is 51.1 Å². The molecule has 0 fully saturated rings. The standard InChI is InChI=1S/C29H28F7NO3/c1-4-38-25-23-14-22(37-15-17-6-5-7-21(30)12-17)8-9-24(23)40-27(2,3)26(25)39-16-18-10-19(28(31,32)33)13-20(11-18)29(34,35)36/h5-14,25-26,37H,4,15-16H2,1-3H3. The summed E-state index contributed by atoms with van der Waals surface area (Å²) in [7, 11) is 0. The Morgan fingerprint density at radius 2 is 1.52 bits per heavy atom. The predicted molar refractivity (Wildman–Crippen MR) is 134 cm³/mol. The number of fused-ring (bicyclic) bond motifs is 1. The van der Waals surface area contributed by atoms with E-state index in [1.165, 1.54) is 12.1 Å². The lowest BCUT2D eigenvalue weighted by atomic mass is 9.87. The Kier molecular flexibility index (Phi) is 8.37. The van der Waals surface area contributed by atoms with E-state index in [4.69, 9.17) is 14.2 Å². The molecule has 216 valence electrons. The van der Waals surface area contributed by atoms with Crippen LogP contribution >= 0.6 is 0 Å². The first kappa shape index (κ1) is 29.7. The van der Waals surface area contributed by atoms with Gasteiger partial charge in [-0.2, -0.15) is 26.3 Å². The zero-order valence-electron chi connectivity index (χ0n) is 21.9. The van der Waals surface area contributed by atoms with Crippen LogP contribution in [0.2, 0.25) is 0 Å². The van der Waals surface area contributed by atoms with Crippen LogP contribution in [0, 0.1) is 5.82 Å². The van der Waals surface area contributed by atoms with E-state index < -0.39 is 47.9 Å². The molecule has 1 aliphatic rings. The minimum absolute atomic E-state index is 0.0781. The largest absolute Gasteiger partial charge is 0.485 e. The van der Waals surface area contributed by atoms with Crippen molar-refractivity contribution in [3.05, 3.63) is 94.3 Å². The maximum absolute atomic E-state index is 13.5. The minimum Gasteiger partial charge on any atom is -0.485 e. The molecule has 40 heavy (non-hydrogen) atoms. The van der Waals surface area contributed by atoms with Crippen LogP contribution in [-0.2, 0) is 35.0 Å². The number of halogens is 7. The van der Waals surface area contributed by atoms with Crippen LogP contribution in [0.1, 0.15) is 54.7 Å². The van der Waals surface area contributed by atoms with Crippen molar-refractivity contribution in [2.75, 3.05) is 11.9 Å². The lowest BCUT2D eigenvalue weighted by Gasteiger charge is -2.44. The number of nitrogens with one attached hydrogen (secondary N) is 1. The van der Waals surface area contributed by atoms with Gasteiger partial charge in [-0.15, -0.1) is 0 Å². The Balaban J connectivity index is 1.61. The summed E-state index contributed by atoms with van der Waals surface area (Å²) in [5, 5.41) is 3.20. The molecule has 1 N–H and O–H groups in total. The average Bonchev–Trinajstić information content (AvgIpc) is 2.86. The van der Waals surface area contributed by atoms with Crippen LogP contribution in [-0.4, -0.2) is 18.3 Å². The van der Waals surface area contributed by atoms with Gasteiger partial charge < -0.3 is 19.5 Å². The fourth-order valence-corrected chi connectivity index (χ4v) is 4.63. The number of anilines is 1. The third-order valence-corrected chi connectivity index (χ3v) is 6.46.